The lowest BCUT2D eigenvalue weighted by atomic mass is 10.1. The Morgan fingerprint density at radius 2 is 1.95 bits per heavy atom. The molecule has 0 saturated heterocycles. The maximum atomic E-state index is 13.4. The van der Waals surface area contributed by atoms with Gasteiger partial charge in [-0.15, -0.1) is 0 Å². The minimum atomic E-state index is -0.742. The molecule has 0 heterocycles. The number of hydrogen-bond donors (Lipinski definition) is 1. The number of rotatable bonds is 3. The predicted octanol–water partition coefficient (Wildman–Crippen LogP) is 4.56. The van der Waals surface area contributed by atoms with Gasteiger partial charge in [0.2, 0.25) is 5.91 Å². The zero-order valence-corrected chi connectivity index (χ0v) is 12.4. The van der Waals surface area contributed by atoms with Gasteiger partial charge in [-0.3, -0.25) is 4.79 Å². The molecule has 0 aliphatic rings. The molecule has 0 aliphatic carbocycles. The Labute approximate surface area is 127 Å². The highest BCUT2D eigenvalue weighted by Gasteiger charge is 2.10. The third kappa shape index (κ3) is 3.77. The molecule has 0 radical (unpaired) electrons. The molecular weight excluding hydrogens is 352 g/mol. The van der Waals surface area contributed by atoms with Crippen molar-refractivity contribution in [1.29, 1.82) is 0 Å². The van der Waals surface area contributed by atoms with Crippen molar-refractivity contribution in [3.05, 3.63) is 63.1 Å². The lowest BCUT2D eigenvalue weighted by Crippen LogP contribution is -2.15. The summed E-state index contributed by atoms with van der Waals surface area (Å²) in [6.45, 7) is 0. The van der Waals surface area contributed by atoms with Crippen molar-refractivity contribution in [3.8, 4) is 0 Å². The van der Waals surface area contributed by atoms with E-state index < -0.39 is 17.5 Å². The van der Waals surface area contributed by atoms with Crippen LogP contribution < -0.4 is 5.32 Å². The van der Waals surface area contributed by atoms with E-state index in [2.05, 4.69) is 21.2 Å². The lowest BCUT2D eigenvalue weighted by molar-refractivity contribution is -0.115. The van der Waals surface area contributed by atoms with E-state index in [4.69, 9.17) is 11.6 Å². The van der Waals surface area contributed by atoms with Gasteiger partial charge in [0.05, 0.1) is 11.4 Å². The van der Waals surface area contributed by atoms with E-state index in [1.54, 1.807) is 18.2 Å². The van der Waals surface area contributed by atoms with Gasteiger partial charge in [-0.2, -0.15) is 0 Å². The quantitative estimate of drug-likeness (QED) is 0.854. The fourth-order valence-corrected chi connectivity index (χ4v) is 2.04. The molecule has 2 rings (SSSR count). The van der Waals surface area contributed by atoms with Crippen LogP contribution in [0.1, 0.15) is 5.56 Å². The summed E-state index contributed by atoms with van der Waals surface area (Å²) in [5.41, 5.74) is 0.637. The van der Waals surface area contributed by atoms with Crippen LogP contribution in [0, 0.1) is 11.6 Å². The van der Waals surface area contributed by atoms with Crippen LogP contribution in [0.4, 0.5) is 14.5 Å². The fraction of sp³-hybridized carbons (Fsp3) is 0.0714. The molecule has 2 nitrogen and oxygen atoms in total. The zero-order valence-electron chi connectivity index (χ0n) is 10.1. The Bertz CT molecular complexity index is 664. The van der Waals surface area contributed by atoms with E-state index in [0.717, 1.165) is 12.1 Å². The van der Waals surface area contributed by atoms with E-state index in [-0.39, 0.29) is 12.0 Å². The number of carbonyl (C=O) groups is 1. The molecular formula is C14H9BrClF2NO. The molecule has 0 aromatic heterocycles. The van der Waals surface area contributed by atoms with Crippen molar-refractivity contribution in [2.75, 3.05) is 5.32 Å². The summed E-state index contributed by atoms with van der Waals surface area (Å²) in [4.78, 5) is 11.8. The van der Waals surface area contributed by atoms with Crippen molar-refractivity contribution in [2.45, 2.75) is 6.42 Å². The minimum absolute atomic E-state index is 0.132. The number of halogens is 4. The smallest absolute Gasteiger partial charge is 0.228 e. The molecule has 6 heteroatoms. The van der Waals surface area contributed by atoms with Gasteiger partial charge in [0.1, 0.15) is 11.6 Å². The topological polar surface area (TPSA) is 29.1 Å². The van der Waals surface area contributed by atoms with E-state index in [9.17, 15) is 13.6 Å². The standard InChI is InChI=1S/C14H9BrClF2NO/c15-11-4-3-10(7-12(11)16)19-14(20)5-8-1-2-9(17)6-13(8)18/h1-4,6-7H,5H2,(H,19,20). The van der Waals surface area contributed by atoms with E-state index in [1.807, 2.05) is 0 Å². The Morgan fingerprint density at radius 3 is 2.60 bits per heavy atom. The van der Waals surface area contributed by atoms with Crippen molar-refractivity contribution < 1.29 is 13.6 Å². The van der Waals surface area contributed by atoms with Crippen LogP contribution in [0.5, 0.6) is 0 Å². The molecule has 0 atom stereocenters. The Kier molecular flexibility index (Phi) is 4.73. The Morgan fingerprint density at radius 1 is 1.20 bits per heavy atom. The molecule has 1 amide bonds. The van der Waals surface area contributed by atoms with Gasteiger partial charge in [0.25, 0.3) is 0 Å². The first kappa shape index (κ1) is 14.9. The molecule has 2 aromatic rings. The van der Waals surface area contributed by atoms with Crippen molar-refractivity contribution in [2.24, 2.45) is 0 Å². The predicted molar refractivity (Wildman–Crippen MR) is 77.8 cm³/mol. The van der Waals surface area contributed by atoms with Crippen molar-refractivity contribution >= 4 is 39.1 Å². The molecule has 1 N–H and O–H groups in total. The second-order valence-electron chi connectivity index (χ2n) is 4.09. The van der Waals surface area contributed by atoms with Crippen molar-refractivity contribution in [1.82, 2.24) is 0 Å². The van der Waals surface area contributed by atoms with Crippen molar-refractivity contribution in [3.63, 3.8) is 0 Å². The molecule has 0 fully saturated rings. The third-order valence-electron chi connectivity index (χ3n) is 2.57. The summed E-state index contributed by atoms with van der Waals surface area (Å²) in [5.74, 6) is -1.82. The monoisotopic (exact) mass is 359 g/mol. The Balaban J connectivity index is 2.07. The zero-order chi connectivity index (χ0) is 14.7. The van der Waals surface area contributed by atoms with Gasteiger partial charge in [-0.25, -0.2) is 8.78 Å². The van der Waals surface area contributed by atoms with Gasteiger partial charge in [-0.05, 0) is 45.8 Å². The highest BCUT2D eigenvalue weighted by atomic mass is 79.9. The summed E-state index contributed by atoms with van der Waals surface area (Å²) in [6, 6.07) is 8.04. The highest BCUT2D eigenvalue weighted by molar-refractivity contribution is 9.10. The van der Waals surface area contributed by atoms with E-state index in [1.165, 1.54) is 6.07 Å². The molecule has 0 spiro atoms. The number of carbonyl (C=O) groups excluding carboxylic acids is 1. The maximum Gasteiger partial charge on any atom is 0.228 e. The molecule has 0 aliphatic heterocycles. The third-order valence-corrected chi connectivity index (χ3v) is 3.80. The molecule has 0 unspecified atom stereocenters. The largest absolute Gasteiger partial charge is 0.326 e. The summed E-state index contributed by atoms with van der Waals surface area (Å²) in [7, 11) is 0. The molecule has 2 aromatic carbocycles. The first-order chi connectivity index (χ1) is 9.45. The lowest BCUT2D eigenvalue weighted by Gasteiger charge is -2.07. The first-order valence-corrected chi connectivity index (χ1v) is 6.81. The highest BCUT2D eigenvalue weighted by Crippen LogP contribution is 2.25. The first-order valence-electron chi connectivity index (χ1n) is 5.64. The average Bonchev–Trinajstić information content (AvgIpc) is 2.37. The second-order valence-corrected chi connectivity index (χ2v) is 5.35. The summed E-state index contributed by atoms with van der Waals surface area (Å²) < 4.78 is 26.9. The molecule has 20 heavy (non-hydrogen) atoms. The van der Waals surface area contributed by atoms with Crippen LogP contribution in [0.2, 0.25) is 5.02 Å². The van der Waals surface area contributed by atoms with Crippen LogP contribution >= 0.6 is 27.5 Å². The Hall–Kier alpha value is -1.46. The maximum absolute atomic E-state index is 13.4. The van der Waals surface area contributed by atoms with Gasteiger partial charge in [0.15, 0.2) is 0 Å². The number of anilines is 1. The van der Waals surface area contributed by atoms with Gasteiger partial charge in [0, 0.05) is 16.2 Å². The van der Waals surface area contributed by atoms with Gasteiger partial charge >= 0.3 is 0 Å². The average molecular weight is 361 g/mol. The number of amides is 1. The number of benzene rings is 2. The van der Waals surface area contributed by atoms with E-state index >= 15 is 0 Å². The summed E-state index contributed by atoms with van der Waals surface area (Å²) >= 11 is 9.14. The van der Waals surface area contributed by atoms with Crippen LogP contribution in [-0.4, -0.2) is 5.91 Å². The summed E-state index contributed by atoms with van der Waals surface area (Å²) in [6.07, 6.45) is -0.181. The number of nitrogens with one attached hydrogen (secondary N) is 1. The minimum Gasteiger partial charge on any atom is -0.326 e. The normalized spacial score (nSPS) is 10.4. The van der Waals surface area contributed by atoms with Gasteiger partial charge < -0.3 is 5.32 Å². The summed E-state index contributed by atoms with van der Waals surface area (Å²) in [5, 5.41) is 3.05. The second kappa shape index (κ2) is 6.33. The molecule has 104 valence electrons. The van der Waals surface area contributed by atoms with Crippen LogP contribution in [0.15, 0.2) is 40.9 Å². The van der Waals surface area contributed by atoms with E-state index in [0.29, 0.717) is 15.2 Å². The van der Waals surface area contributed by atoms with Crippen LogP contribution in [0.3, 0.4) is 0 Å². The molecule has 0 bridgehead atoms. The van der Waals surface area contributed by atoms with Crippen LogP contribution in [0.25, 0.3) is 0 Å². The molecule has 0 saturated carbocycles. The van der Waals surface area contributed by atoms with Crippen LogP contribution in [-0.2, 0) is 11.2 Å². The fourth-order valence-electron chi connectivity index (χ4n) is 1.62. The SMILES string of the molecule is O=C(Cc1ccc(F)cc1F)Nc1ccc(Br)c(Cl)c1. The van der Waals surface area contributed by atoms with Gasteiger partial charge in [-0.1, -0.05) is 17.7 Å². The number of hydrogen-bond acceptors (Lipinski definition) is 1.